The predicted octanol–water partition coefficient (Wildman–Crippen LogP) is 5.43. The molecule has 32 heavy (non-hydrogen) atoms. The molecule has 9 heteroatoms. The summed E-state index contributed by atoms with van der Waals surface area (Å²) in [7, 11) is 0. The van der Waals surface area contributed by atoms with Crippen molar-refractivity contribution in [1.29, 1.82) is 0 Å². The summed E-state index contributed by atoms with van der Waals surface area (Å²) in [5.74, 6) is 0.665. The van der Waals surface area contributed by atoms with Crippen LogP contribution in [-0.4, -0.2) is 22.1 Å². The van der Waals surface area contributed by atoms with Gasteiger partial charge in [-0.3, -0.25) is 4.79 Å². The lowest BCUT2D eigenvalue weighted by Gasteiger charge is -2.12. The van der Waals surface area contributed by atoms with Crippen LogP contribution < -0.4 is 15.5 Å². The van der Waals surface area contributed by atoms with Crippen LogP contribution in [0.4, 0.5) is 15.9 Å². The molecule has 0 spiro atoms. The Morgan fingerprint density at radius 3 is 2.78 bits per heavy atom. The normalized spacial score (nSPS) is 11.0. The summed E-state index contributed by atoms with van der Waals surface area (Å²) in [6, 6.07) is 16.5. The summed E-state index contributed by atoms with van der Waals surface area (Å²) in [5.41, 5.74) is 4.54. The Labute approximate surface area is 187 Å². The first kappa shape index (κ1) is 21.2. The van der Waals surface area contributed by atoms with Gasteiger partial charge in [0.05, 0.1) is 16.8 Å². The van der Waals surface area contributed by atoms with Crippen LogP contribution in [0.5, 0.6) is 11.5 Å². The van der Waals surface area contributed by atoms with Gasteiger partial charge in [-0.1, -0.05) is 23.7 Å². The van der Waals surface area contributed by atoms with Crippen molar-refractivity contribution in [3.63, 3.8) is 0 Å². The number of carbonyl (C=O) groups excluding carboxylic acids is 1. The highest BCUT2D eigenvalue weighted by Gasteiger charge is 2.09. The predicted molar refractivity (Wildman–Crippen MR) is 122 cm³/mol. The van der Waals surface area contributed by atoms with Crippen LogP contribution in [0.2, 0.25) is 5.02 Å². The highest BCUT2D eigenvalue weighted by Crippen LogP contribution is 2.33. The van der Waals surface area contributed by atoms with Gasteiger partial charge in [-0.05, 0) is 48.0 Å². The lowest BCUT2D eigenvalue weighted by molar-refractivity contribution is -0.118. The molecule has 1 amide bonds. The van der Waals surface area contributed by atoms with Crippen molar-refractivity contribution < 1.29 is 13.9 Å². The Hall–Kier alpha value is -4.04. The maximum atomic E-state index is 13.4. The molecule has 0 saturated heterocycles. The number of rotatable bonds is 6. The van der Waals surface area contributed by atoms with Crippen LogP contribution in [0.25, 0.3) is 10.9 Å². The molecule has 0 bridgehead atoms. The monoisotopic (exact) mass is 449 g/mol. The van der Waals surface area contributed by atoms with E-state index in [1.165, 1.54) is 31.6 Å². The molecule has 4 aromatic rings. The fourth-order valence-corrected chi connectivity index (χ4v) is 3.13. The van der Waals surface area contributed by atoms with E-state index in [0.29, 0.717) is 28.0 Å². The second-order valence-corrected chi connectivity index (χ2v) is 7.16. The molecule has 0 atom stereocenters. The summed E-state index contributed by atoms with van der Waals surface area (Å²) in [4.78, 5) is 19.6. The van der Waals surface area contributed by atoms with Gasteiger partial charge in [-0.2, -0.15) is 5.10 Å². The van der Waals surface area contributed by atoms with E-state index in [-0.39, 0.29) is 5.91 Å². The lowest BCUT2D eigenvalue weighted by atomic mass is 10.1. The fraction of sp³-hybridized carbons (Fsp3) is 0.0435. The van der Waals surface area contributed by atoms with Crippen LogP contribution in [-0.2, 0) is 4.79 Å². The minimum Gasteiger partial charge on any atom is -0.456 e. The third kappa shape index (κ3) is 5.16. The molecule has 0 radical (unpaired) electrons. The van der Waals surface area contributed by atoms with E-state index in [2.05, 4.69) is 25.8 Å². The molecule has 3 aromatic carbocycles. The molecule has 2 N–H and O–H groups in total. The van der Waals surface area contributed by atoms with Crippen LogP contribution in [0, 0.1) is 5.82 Å². The van der Waals surface area contributed by atoms with Crippen LogP contribution in [0.1, 0.15) is 12.5 Å². The second kappa shape index (κ2) is 9.40. The molecule has 1 heterocycles. The van der Waals surface area contributed by atoms with Gasteiger partial charge in [0.2, 0.25) is 5.91 Å². The average Bonchev–Trinajstić information content (AvgIpc) is 2.76. The second-order valence-electron chi connectivity index (χ2n) is 6.75. The number of ether oxygens (including phenoxy) is 1. The molecule has 1 aromatic heterocycles. The van der Waals surface area contributed by atoms with Gasteiger partial charge in [0, 0.05) is 24.1 Å². The van der Waals surface area contributed by atoms with Crippen LogP contribution in [0.3, 0.4) is 0 Å². The molecule has 0 saturated carbocycles. The zero-order chi connectivity index (χ0) is 22.5. The van der Waals surface area contributed by atoms with Crippen molar-refractivity contribution in [2.75, 3.05) is 5.32 Å². The highest BCUT2D eigenvalue weighted by molar-refractivity contribution is 6.32. The zero-order valence-corrected chi connectivity index (χ0v) is 17.6. The minimum absolute atomic E-state index is 0.255. The summed E-state index contributed by atoms with van der Waals surface area (Å²) in [6.07, 6.45) is 2.99. The maximum absolute atomic E-state index is 13.4. The smallest absolute Gasteiger partial charge is 0.236 e. The number of hydrogen-bond acceptors (Lipinski definition) is 6. The zero-order valence-electron chi connectivity index (χ0n) is 16.8. The molecule has 0 unspecified atom stereocenters. The van der Waals surface area contributed by atoms with Gasteiger partial charge >= 0.3 is 0 Å². The van der Waals surface area contributed by atoms with E-state index in [1.807, 2.05) is 18.2 Å². The number of anilines is 2. The SMILES string of the molecule is CC(=O)N/N=C/c1ccc2ncnc(Nc3ccc(Oc4cccc(F)c4)c(Cl)c3)c2c1. The van der Waals surface area contributed by atoms with E-state index in [9.17, 15) is 9.18 Å². The first-order chi connectivity index (χ1) is 15.5. The number of benzene rings is 3. The lowest BCUT2D eigenvalue weighted by Crippen LogP contribution is -2.12. The van der Waals surface area contributed by atoms with Gasteiger partial charge in [0.25, 0.3) is 0 Å². The molecule has 0 aliphatic carbocycles. The minimum atomic E-state index is -0.394. The quantitative estimate of drug-likeness (QED) is 0.303. The molecule has 7 nitrogen and oxygen atoms in total. The van der Waals surface area contributed by atoms with E-state index >= 15 is 0 Å². The number of amides is 1. The highest BCUT2D eigenvalue weighted by atomic mass is 35.5. The number of hydrogen-bond donors (Lipinski definition) is 2. The Morgan fingerprint density at radius 1 is 1.12 bits per heavy atom. The van der Waals surface area contributed by atoms with Crippen molar-refractivity contribution in [1.82, 2.24) is 15.4 Å². The van der Waals surface area contributed by atoms with Crippen molar-refractivity contribution in [2.45, 2.75) is 6.92 Å². The Morgan fingerprint density at radius 2 is 2.00 bits per heavy atom. The molecule has 0 fully saturated rings. The summed E-state index contributed by atoms with van der Waals surface area (Å²) >= 11 is 6.37. The summed E-state index contributed by atoms with van der Waals surface area (Å²) in [6.45, 7) is 1.38. The summed E-state index contributed by atoms with van der Waals surface area (Å²) < 4.78 is 19.0. The topological polar surface area (TPSA) is 88.5 Å². The molecule has 4 rings (SSSR count). The molecular weight excluding hydrogens is 433 g/mol. The third-order valence-corrected chi connectivity index (χ3v) is 4.61. The van der Waals surface area contributed by atoms with Gasteiger partial charge < -0.3 is 10.1 Å². The molecule has 160 valence electrons. The third-order valence-electron chi connectivity index (χ3n) is 4.31. The van der Waals surface area contributed by atoms with Crippen molar-refractivity contribution in [3.05, 3.63) is 83.4 Å². The van der Waals surface area contributed by atoms with Crippen molar-refractivity contribution >= 4 is 46.1 Å². The number of hydrazone groups is 1. The van der Waals surface area contributed by atoms with Gasteiger partial charge in [0.1, 0.15) is 29.5 Å². The largest absolute Gasteiger partial charge is 0.456 e. The number of nitrogens with zero attached hydrogens (tertiary/aromatic N) is 3. The average molecular weight is 450 g/mol. The standard InChI is InChI=1S/C23H17ClFN5O2/c1-14(31)30-28-12-15-5-7-21-19(9-15)23(27-13-26-21)29-17-6-8-22(20(24)11-17)32-18-4-2-3-16(25)10-18/h2-13H,1H3,(H,30,31)(H,26,27,29)/b28-12+. The van der Waals surface area contributed by atoms with Gasteiger partial charge in [-0.15, -0.1) is 0 Å². The van der Waals surface area contributed by atoms with Crippen LogP contribution in [0.15, 0.2) is 72.1 Å². The van der Waals surface area contributed by atoms with Crippen LogP contribution >= 0.6 is 11.6 Å². The molecule has 0 aliphatic rings. The van der Waals surface area contributed by atoms with Crippen molar-refractivity contribution in [2.24, 2.45) is 5.10 Å². The number of fused-ring (bicyclic) bond motifs is 1. The first-order valence-electron chi connectivity index (χ1n) is 9.52. The number of halogens is 2. The van der Waals surface area contributed by atoms with Gasteiger partial charge in [0.15, 0.2) is 0 Å². The Kier molecular flexibility index (Phi) is 6.23. The molecule has 0 aliphatic heterocycles. The van der Waals surface area contributed by atoms with E-state index in [1.54, 1.807) is 30.3 Å². The van der Waals surface area contributed by atoms with E-state index in [4.69, 9.17) is 16.3 Å². The molecular formula is C23H17ClFN5O2. The maximum Gasteiger partial charge on any atom is 0.236 e. The van der Waals surface area contributed by atoms with E-state index < -0.39 is 5.82 Å². The Bertz CT molecular complexity index is 1330. The summed E-state index contributed by atoms with van der Waals surface area (Å²) in [5, 5.41) is 8.21. The van der Waals surface area contributed by atoms with Gasteiger partial charge in [-0.25, -0.2) is 19.8 Å². The van der Waals surface area contributed by atoms with E-state index in [0.717, 1.165) is 16.5 Å². The number of carbonyl (C=O) groups is 1. The van der Waals surface area contributed by atoms with Crippen molar-refractivity contribution in [3.8, 4) is 11.5 Å². The first-order valence-corrected chi connectivity index (χ1v) is 9.90. The Balaban J connectivity index is 1.58. The fourth-order valence-electron chi connectivity index (χ4n) is 2.91. The number of aromatic nitrogens is 2. The number of nitrogens with one attached hydrogen (secondary N) is 2.